The monoisotopic (exact) mass is 177 g/mol. The summed E-state index contributed by atoms with van der Waals surface area (Å²) >= 11 is 0. The summed E-state index contributed by atoms with van der Waals surface area (Å²) in [5.41, 5.74) is 0.512. The van der Waals surface area contributed by atoms with Gasteiger partial charge in [-0.3, -0.25) is 0 Å². The molecule has 2 N–H and O–H groups in total. The molecule has 2 aliphatic rings. The molecule has 1 saturated carbocycles. The van der Waals surface area contributed by atoms with Crippen molar-refractivity contribution in [2.45, 2.75) is 31.8 Å². The van der Waals surface area contributed by atoms with Gasteiger partial charge in [-0.05, 0) is 37.6 Å². The predicted octanol–water partition coefficient (Wildman–Crippen LogP) is 0.933. The van der Waals surface area contributed by atoms with Gasteiger partial charge in [0, 0.05) is 6.54 Å². The van der Waals surface area contributed by atoms with Crippen molar-refractivity contribution in [1.29, 1.82) is 0 Å². The van der Waals surface area contributed by atoms with Crippen LogP contribution in [-0.2, 0) is 0 Å². The molecule has 1 aliphatic heterocycles. The first-order valence-electron chi connectivity index (χ1n) is 4.20. The fourth-order valence-corrected chi connectivity index (χ4v) is 2.32. The van der Waals surface area contributed by atoms with Gasteiger partial charge in [0.25, 0.3) is 0 Å². The topological polar surface area (TPSA) is 32.3 Å². The van der Waals surface area contributed by atoms with Gasteiger partial charge in [0.05, 0.1) is 6.10 Å². The zero-order valence-corrected chi connectivity index (χ0v) is 7.49. The number of piperidine rings is 1. The Morgan fingerprint density at radius 1 is 1.36 bits per heavy atom. The molecule has 0 bridgehead atoms. The van der Waals surface area contributed by atoms with Crippen molar-refractivity contribution in [3.05, 3.63) is 0 Å². The molecule has 1 aliphatic carbocycles. The lowest BCUT2D eigenvalue weighted by Gasteiger charge is -2.48. The summed E-state index contributed by atoms with van der Waals surface area (Å²) in [6.07, 6.45) is 4.73. The van der Waals surface area contributed by atoms with Crippen LogP contribution in [-0.4, -0.2) is 24.3 Å². The summed E-state index contributed by atoms with van der Waals surface area (Å²) in [6.45, 7) is 2.32. The molecule has 0 amide bonds. The third-order valence-electron chi connectivity index (χ3n) is 2.90. The van der Waals surface area contributed by atoms with Crippen LogP contribution < -0.4 is 5.32 Å². The van der Waals surface area contributed by atoms with Gasteiger partial charge >= 0.3 is 0 Å². The lowest BCUT2D eigenvalue weighted by molar-refractivity contribution is -0.0452. The van der Waals surface area contributed by atoms with Crippen LogP contribution in [0.25, 0.3) is 0 Å². The van der Waals surface area contributed by atoms with Crippen molar-refractivity contribution in [3.8, 4) is 0 Å². The van der Waals surface area contributed by atoms with Crippen LogP contribution >= 0.6 is 12.4 Å². The van der Waals surface area contributed by atoms with Gasteiger partial charge in [-0.25, -0.2) is 0 Å². The van der Waals surface area contributed by atoms with Gasteiger partial charge in [-0.1, -0.05) is 0 Å². The average molecular weight is 178 g/mol. The van der Waals surface area contributed by atoms with Gasteiger partial charge in [0.15, 0.2) is 0 Å². The van der Waals surface area contributed by atoms with E-state index < -0.39 is 0 Å². The quantitative estimate of drug-likeness (QED) is 0.577. The summed E-state index contributed by atoms with van der Waals surface area (Å²) in [6, 6.07) is 0. The van der Waals surface area contributed by atoms with Gasteiger partial charge in [0.2, 0.25) is 0 Å². The van der Waals surface area contributed by atoms with Gasteiger partial charge < -0.3 is 10.4 Å². The summed E-state index contributed by atoms with van der Waals surface area (Å²) < 4.78 is 0. The maximum atomic E-state index is 9.14. The Kier molecular flexibility index (Phi) is 2.79. The molecule has 66 valence electrons. The Bertz CT molecular complexity index is 119. The van der Waals surface area contributed by atoms with E-state index >= 15 is 0 Å². The van der Waals surface area contributed by atoms with E-state index in [1.54, 1.807) is 0 Å². The lowest BCUT2D eigenvalue weighted by Crippen LogP contribution is -2.50. The number of halogens is 1. The molecule has 0 atom stereocenters. The van der Waals surface area contributed by atoms with Crippen LogP contribution in [0.3, 0.4) is 0 Å². The van der Waals surface area contributed by atoms with Crippen LogP contribution in [0, 0.1) is 5.41 Å². The van der Waals surface area contributed by atoms with Crippen LogP contribution in [0.5, 0.6) is 0 Å². The SMILES string of the molecule is Cl.OC1CC2(CCCNC2)C1. The molecule has 3 heteroatoms. The minimum absolute atomic E-state index is 0. The zero-order valence-electron chi connectivity index (χ0n) is 6.68. The Balaban J connectivity index is 0.000000605. The minimum Gasteiger partial charge on any atom is -0.393 e. The fourth-order valence-electron chi connectivity index (χ4n) is 2.32. The highest BCUT2D eigenvalue weighted by molar-refractivity contribution is 5.85. The summed E-state index contributed by atoms with van der Waals surface area (Å²) in [7, 11) is 0. The second-order valence-electron chi connectivity index (χ2n) is 3.84. The van der Waals surface area contributed by atoms with E-state index in [0.29, 0.717) is 5.41 Å². The third kappa shape index (κ3) is 1.68. The minimum atomic E-state index is 0. The standard InChI is InChI=1S/C8H15NO.ClH/c10-7-4-8(5-7)2-1-3-9-6-8;/h7,9-10H,1-6H2;1H. The summed E-state index contributed by atoms with van der Waals surface area (Å²) in [5, 5.41) is 12.5. The number of nitrogens with one attached hydrogen (secondary N) is 1. The fraction of sp³-hybridized carbons (Fsp3) is 1.00. The van der Waals surface area contributed by atoms with Gasteiger partial charge in [-0.2, -0.15) is 0 Å². The summed E-state index contributed by atoms with van der Waals surface area (Å²) in [4.78, 5) is 0. The van der Waals surface area contributed by atoms with Crippen molar-refractivity contribution >= 4 is 12.4 Å². The molecular weight excluding hydrogens is 162 g/mol. The van der Waals surface area contributed by atoms with E-state index in [1.165, 1.54) is 19.4 Å². The Hall–Kier alpha value is 0.210. The normalized spacial score (nSPS) is 42.8. The highest BCUT2D eigenvalue weighted by Gasteiger charge is 2.43. The van der Waals surface area contributed by atoms with Crippen molar-refractivity contribution in [1.82, 2.24) is 5.32 Å². The van der Waals surface area contributed by atoms with Crippen LogP contribution in [0.2, 0.25) is 0 Å². The van der Waals surface area contributed by atoms with Crippen LogP contribution in [0.4, 0.5) is 0 Å². The van der Waals surface area contributed by atoms with E-state index in [2.05, 4.69) is 5.32 Å². The first-order valence-corrected chi connectivity index (χ1v) is 4.20. The molecule has 0 aromatic rings. The van der Waals surface area contributed by atoms with E-state index in [-0.39, 0.29) is 18.5 Å². The number of rotatable bonds is 0. The average Bonchev–Trinajstić information content (AvgIpc) is 1.87. The Morgan fingerprint density at radius 2 is 2.09 bits per heavy atom. The van der Waals surface area contributed by atoms with E-state index in [1.807, 2.05) is 0 Å². The number of hydrogen-bond acceptors (Lipinski definition) is 2. The molecule has 11 heavy (non-hydrogen) atoms. The number of hydrogen-bond donors (Lipinski definition) is 2. The number of aliphatic hydroxyl groups is 1. The molecule has 2 rings (SSSR count). The predicted molar refractivity (Wildman–Crippen MR) is 47.0 cm³/mol. The van der Waals surface area contributed by atoms with Crippen molar-refractivity contribution in [2.75, 3.05) is 13.1 Å². The van der Waals surface area contributed by atoms with Gasteiger partial charge in [0.1, 0.15) is 0 Å². The van der Waals surface area contributed by atoms with Crippen LogP contribution in [0.1, 0.15) is 25.7 Å². The van der Waals surface area contributed by atoms with Crippen molar-refractivity contribution < 1.29 is 5.11 Å². The number of aliphatic hydroxyl groups excluding tert-OH is 1. The zero-order chi connectivity index (χ0) is 7.03. The maximum Gasteiger partial charge on any atom is 0.0551 e. The van der Waals surface area contributed by atoms with Crippen molar-refractivity contribution in [2.24, 2.45) is 5.41 Å². The molecule has 2 nitrogen and oxygen atoms in total. The molecular formula is C8H16ClNO. The maximum absolute atomic E-state index is 9.14. The first kappa shape index (κ1) is 9.30. The highest BCUT2D eigenvalue weighted by atomic mass is 35.5. The van der Waals surface area contributed by atoms with E-state index in [4.69, 9.17) is 5.11 Å². The molecule has 1 heterocycles. The second kappa shape index (κ2) is 3.30. The highest BCUT2D eigenvalue weighted by Crippen LogP contribution is 2.45. The van der Waals surface area contributed by atoms with E-state index in [0.717, 1.165) is 19.4 Å². The summed E-state index contributed by atoms with van der Waals surface area (Å²) in [5.74, 6) is 0. The molecule has 0 aromatic carbocycles. The molecule has 1 spiro atoms. The van der Waals surface area contributed by atoms with Crippen LogP contribution in [0.15, 0.2) is 0 Å². The van der Waals surface area contributed by atoms with E-state index in [9.17, 15) is 0 Å². The lowest BCUT2D eigenvalue weighted by atomic mass is 9.63. The Morgan fingerprint density at radius 3 is 2.55 bits per heavy atom. The molecule has 0 aromatic heterocycles. The van der Waals surface area contributed by atoms with Gasteiger partial charge in [-0.15, -0.1) is 12.4 Å². The molecule has 0 radical (unpaired) electrons. The molecule has 1 saturated heterocycles. The smallest absolute Gasteiger partial charge is 0.0551 e. The molecule has 2 fully saturated rings. The van der Waals surface area contributed by atoms with Crippen molar-refractivity contribution in [3.63, 3.8) is 0 Å². The Labute approximate surface area is 73.8 Å². The first-order chi connectivity index (χ1) is 4.81. The second-order valence-corrected chi connectivity index (χ2v) is 3.84. The molecule has 0 unspecified atom stereocenters. The third-order valence-corrected chi connectivity index (χ3v) is 2.90. The largest absolute Gasteiger partial charge is 0.393 e.